The molecule has 1 aromatic heterocycles. The van der Waals surface area contributed by atoms with Crippen molar-refractivity contribution in [2.24, 2.45) is 0 Å². The van der Waals surface area contributed by atoms with Gasteiger partial charge >= 0.3 is 0 Å². The van der Waals surface area contributed by atoms with Gasteiger partial charge in [0, 0.05) is 10.8 Å². The maximum Gasteiger partial charge on any atom is 0.229 e. The first-order chi connectivity index (χ1) is 8.33. The van der Waals surface area contributed by atoms with Crippen LogP contribution in [0, 0.1) is 0 Å². The third-order valence-corrected chi connectivity index (χ3v) is 3.69. The SMILES string of the molecule is Oc1ccccc1SCc1noc(C2CC2)n1. The maximum absolute atomic E-state index is 9.61. The Morgan fingerprint density at radius 1 is 1.35 bits per heavy atom. The number of hydrogen-bond acceptors (Lipinski definition) is 5. The smallest absolute Gasteiger partial charge is 0.229 e. The van der Waals surface area contributed by atoms with Crippen LogP contribution in [-0.2, 0) is 5.75 Å². The second-order valence-electron chi connectivity index (χ2n) is 4.08. The standard InChI is InChI=1S/C12H12N2O2S/c15-9-3-1-2-4-10(9)17-7-11-13-12(16-14-11)8-5-6-8/h1-4,8,15H,5-7H2. The molecule has 1 N–H and O–H groups in total. The summed E-state index contributed by atoms with van der Waals surface area (Å²) in [5.41, 5.74) is 0. The van der Waals surface area contributed by atoms with Crippen LogP contribution in [-0.4, -0.2) is 15.2 Å². The van der Waals surface area contributed by atoms with E-state index in [1.165, 1.54) is 11.8 Å². The Morgan fingerprint density at radius 2 is 2.18 bits per heavy atom. The number of para-hydroxylation sites is 1. The number of benzene rings is 1. The van der Waals surface area contributed by atoms with E-state index < -0.39 is 0 Å². The van der Waals surface area contributed by atoms with Gasteiger partial charge in [-0.1, -0.05) is 17.3 Å². The molecule has 0 saturated heterocycles. The highest BCUT2D eigenvalue weighted by Gasteiger charge is 2.29. The Labute approximate surface area is 103 Å². The number of nitrogens with zero attached hydrogens (tertiary/aromatic N) is 2. The molecule has 1 aliphatic rings. The van der Waals surface area contributed by atoms with Gasteiger partial charge in [-0.15, -0.1) is 11.8 Å². The summed E-state index contributed by atoms with van der Waals surface area (Å²) in [6.07, 6.45) is 2.32. The molecule has 1 aliphatic carbocycles. The van der Waals surface area contributed by atoms with Crippen LogP contribution in [0.25, 0.3) is 0 Å². The minimum atomic E-state index is 0.295. The second-order valence-corrected chi connectivity index (χ2v) is 5.10. The number of aromatic hydroxyl groups is 1. The lowest BCUT2D eigenvalue weighted by Crippen LogP contribution is -1.85. The first-order valence-electron chi connectivity index (χ1n) is 5.56. The Morgan fingerprint density at radius 3 is 2.94 bits per heavy atom. The van der Waals surface area contributed by atoms with E-state index in [1.807, 2.05) is 12.1 Å². The van der Waals surface area contributed by atoms with E-state index in [2.05, 4.69) is 10.1 Å². The van der Waals surface area contributed by atoms with Gasteiger partial charge in [0.1, 0.15) is 5.75 Å². The second kappa shape index (κ2) is 4.41. The van der Waals surface area contributed by atoms with Crippen LogP contribution >= 0.6 is 11.8 Å². The van der Waals surface area contributed by atoms with Crippen LogP contribution in [0.5, 0.6) is 5.75 Å². The van der Waals surface area contributed by atoms with E-state index >= 15 is 0 Å². The molecule has 1 saturated carbocycles. The van der Waals surface area contributed by atoms with Crippen molar-refractivity contribution in [2.75, 3.05) is 0 Å². The summed E-state index contributed by atoms with van der Waals surface area (Å²) >= 11 is 1.51. The predicted molar refractivity (Wildman–Crippen MR) is 63.9 cm³/mol. The molecule has 17 heavy (non-hydrogen) atoms. The van der Waals surface area contributed by atoms with Crippen LogP contribution in [0.1, 0.15) is 30.5 Å². The molecule has 3 rings (SSSR count). The number of rotatable bonds is 4. The molecule has 1 fully saturated rings. The fourth-order valence-corrected chi connectivity index (χ4v) is 2.34. The Kier molecular flexibility index (Phi) is 2.76. The van der Waals surface area contributed by atoms with Crippen LogP contribution in [0.4, 0.5) is 0 Å². The molecule has 0 bridgehead atoms. The highest BCUT2D eigenvalue weighted by Crippen LogP contribution is 2.39. The van der Waals surface area contributed by atoms with Gasteiger partial charge in [-0.05, 0) is 25.0 Å². The Bertz CT molecular complexity index is 523. The lowest BCUT2D eigenvalue weighted by atomic mass is 10.3. The minimum Gasteiger partial charge on any atom is -0.507 e. The normalized spacial score (nSPS) is 15.1. The molecule has 1 aromatic carbocycles. The van der Waals surface area contributed by atoms with Crippen molar-refractivity contribution < 1.29 is 9.63 Å². The van der Waals surface area contributed by atoms with Gasteiger partial charge in [-0.2, -0.15) is 4.98 Å². The van der Waals surface area contributed by atoms with E-state index in [9.17, 15) is 5.11 Å². The molecule has 0 unspecified atom stereocenters. The number of hydrogen-bond donors (Lipinski definition) is 1. The summed E-state index contributed by atoms with van der Waals surface area (Å²) in [5.74, 6) is 2.86. The molecule has 1 heterocycles. The monoisotopic (exact) mass is 248 g/mol. The Balaban J connectivity index is 1.65. The molecule has 0 spiro atoms. The van der Waals surface area contributed by atoms with Crippen molar-refractivity contribution >= 4 is 11.8 Å². The average molecular weight is 248 g/mol. The largest absolute Gasteiger partial charge is 0.507 e. The van der Waals surface area contributed by atoms with Gasteiger partial charge in [-0.3, -0.25) is 0 Å². The minimum absolute atomic E-state index is 0.295. The topological polar surface area (TPSA) is 59.2 Å². The number of phenolic OH excluding ortho intramolecular Hbond substituents is 1. The van der Waals surface area contributed by atoms with Gasteiger partial charge in [0.05, 0.1) is 5.75 Å². The predicted octanol–water partition coefficient (Wildman–Crippen LogP) is 2.94. The molecule has 0 aliphatic heterocycles. The van der Waals surface area contributed by atoms with Crippen molar-refractivity contribution in [3.05, 3.63) is 36.0 Å². The van der Waals surface area contributed by atoms with Crippen molar-refractivity contribution in [1.29, 1.82) is 0 Å². The molecule has 0 amide bonds. The quantitative estimate of drug-likeness (QED) is 0.843. The zero-order valence-corrected chi connectivity index (χ0v) is 9.98. The average Bonchev–Trinajstić information content (AvgIpc) is 3.08. The highest BCUT2D eigenvalue weighted by molar-refractivity contribution is 7.98. The summed E-state index contributed by atoms with van der Waals surface area (Å²) in [4.78, 5) is 5.17. The van der Waals surface area contributed by atoms with Crippen molar-refractivity contribution in [3.8, 4) is 5.75 Å². The molecule has 0 atom stereocenters. The van der Waals surface area contributed by atoms with Crippen molar-refractivity contribution in [3.63, 3.8) is 0 Å². The van der Waals surface area contributed by atoms with Crippen molar-refractivity contribution in [1.82, 2.24) is 10.1 Å². The van der Waals surface area contributed by atoms with Crippen LogP contribution in [0.15, 0.2) is 33.7 Å². The fraction of sp³-hybridized carbons (Fsp3) is 0.333. The molecule has 0 radical (unpaired) electrons. The molecule has 88 valence electrons. The molecular formula is C12H12N2O2S. The first-order valence-corrected chi connectivity index (χ1v) is 6.55. The van der Waals surface area contributed by atoms with Crippen LogP contribution < -0.4 is 0 Å². The van der Waals surface area contributed by atoms with E-state index in [4.69, 9.17) is 4.52 Å². The zero-order chi connectivity index (χ0) is 11.7. The summed E-state index contributed by atoms with van der Waals surface area (Å²) in [6.45, 7) is 0. The summed E-state index contributed by atoms with van der Waals surface area (Å²) in [7, 11) is 0. The fourth-order valence-electron chi connectivity index (χ4n) is 1.54. The molecular weight excluding hydrogens is 236 g/mol. The van der Waals surface area contributed by atoms with Gasteiger partial charge in [0.15, 0.2) is 5.82 Å². The molecule has 4 nitrogen and oxygen atoms in total. The third-order valence-electron chi connectivity index (χ3n) is 2.63. The summed E-state index contributed by atoms with van der Waals surface area (Å²) in [5, 5.41) is 13.5. The van der Waals surface area contributed by atoms with E-state index in [0.717, 1.165) is 23.6 Å². The lowest BCUT2D eigenvalue weighted by molar-refractivity contribution is 0.375. The van der Waals surface area contributed by atoms with Gasteiger partial charge < -0.3 is 9.63 Å². The zero-order valence-electron chi connectivity index (χ0n) is 9.17. The van der Waals surface area contributed by atoms with Crippen molar-refractivity contribution in [2.45, 2.75) is 29.4 Å². The number of aromatic nitrogens is 2. The van der Waals surface area contributed by atoms with Gasteiger partial charge in [0.25, 0.3) is 0 Å². The van der Waals surface area contributed by atoms with Crippen LogP contribution in [0.3, 0.4) is 0 Å². The number of phenols is 1. The number of thioether (sulfide) groups is 1. The van der Waals surface area contributed by atoms with E-state index in [1.54, 1.807) is 12.1 Å². The molecule has 5 heteroatoms. The third kappa shape index (κ3) is 2.44. The molecule has 2 aromatic rings. The first kappa shape index (κ1) is 10.7. The highest BCUT2D eigenvalue weighted by atomic mass is 32.2. The van der Waals surface area contributed by atoms with Gasteiger partial charge in [0.2, 0.25) is 5.89 Å². The Hall–Kier alpha value is -1.49. The summed E-state index contributed by atoms with van der Waals surface area (Å²) in [6, 6.07) is 7.25. The maximum atomic E-state index is 9.61. The van der Waals surface area contributed by atoms with Gasteiger partial charge in [-0.25, -0.2) is 0 Å². The summed E-state index contributed by atoms with van der Waals surface area (Å²) < 4.78 is 5.17. The van der Waals surface area contributed by atoms with Crippen LogP contribution in [0.2, 0.25) is 0 Å². The van der Waals surface area contributed by atoms with E-state index in [0.29, 0.717) is 23.2 Å². The lowest BCUT2D eigenvalue weighted by Gasteiger charge is -2.00. The van der Waals surface area contributed by atoms with E-state index in [-0.39, 0.29) is 0 Å².